The summed E-state index contributed by atoms with van der Waals surface area (Å²) >= 11 is 0. The van der Waals surface area contributed by atoms with E-state index in [0.717, 1.165) is 24.2 Å². The lowest BCUT2D eigenvalue weighted by Gasteiger charge is -2.37. The number of carboxylic acids is 1. The maximum Gasteiger partial charge on any atom is 0.303 e. The molecule has 3 unspecified atom stereocenters. The lowest BCUT2D eigenvalue weighted by atomic mass is 9.69. The number of carboxylic acid groups (broad SMARTS) is 1. The number of carbonyl (C=O) groups is 2. The quantitative estimate of drug-likeness (QED) is 0.585. The number of nitrogens with zero attached hydrogens (tertiary/aromatic N) is 2. The van der Waals surface area contributed by atoms with Crippen LogP contribution in [0.5, 0.6) is 0 Å². The SMILES string of the molecule is CC1=CC(CNC(=O)CCCC(=O)O)C(C(C)C)CC1Cc1nc2ccccc2n1C. The Morgan fingerprint density at radius 3 is 2.68 bits per heavy atom. The third-order valence-electron chi connectivity index (χ3n) is 6.72. The highest BCUT2D eigenvalue weighted by molar-refractivity contribution is 5.77. The standard InChI is InChI=1S/C25H35N3O3/c1-16(2)20-13-18(14-23-27-21-8-5-6-9-22(21)28(23)4)17(3)12-19(20)15-26-24(29)10-7-11-25(30)31/h5-6,8-9,12,16,18-20H,7,10-11,13-15H2,1-4H3,(H,26,29)(H,30,31). The Kier molecular flexibility index (Phi) is 7.52. The van der Waals surface area contributed by atoms with Crippen LogP contribution in [0.2, 0.25) is 0 Å². The van der Waals surface area contributed by atoms with Crippen molar-refractivity contribution in [3.8, 4) is 0 Å². The highest BCUT2D eigenvalue weighted by Gasteiger charge is 2.32. The Labute approximate surface area is 184 Å². The number of para-hydroxylation sites is 2. The van der Waals surface area contributed by atoms with Gasteiger partial charge in [0.05, 0.1) is 11.0 Å². The number of rotatable bonds is 9. The Morgan fingerprint density at radius 1 is 1.26 bits per heavy atom. The van der Waals surface area contributed by atoms with Crippen LogP contribution in [0, 0.1) is 23.7 Å². The van der Waals surface area contributed by atoms with E-state index in [1.165, 1.54) is 11.1 Å². The first kappa shape index (κ1) is 23.0. The fourth-order valence-corrected chi connectivity index (χ4v) is 4.83. The summed E-state index contributed by atoms with van der Waals surface area (Å²) in [6.07, 6.45) is 5.04. The van der Waals surface area contributed by atoms with E-state index in [1.807, 2.05) is 6.07 Å². The number of hydrogen-bond acceptors (Lipinski definition) is 3. The van der Waals surface area contributed by atoms with Gasteiger partial charge in [-0.2, -0.15) is 0 Å². The Hall–Kier alpha value is -2.63. The highest BCUT2D eigenvalue weighted by Crippen LogP contribution is 2.38. The average molecular weight is 426 g/mol. The molecular formula is C25H35N3O3. The van der Waals surface area contributed by atoms with Gasteiger partial charge in [-0.25, -0.2) is 4.98 Å². The fourth-order valence-electron chi connectivity index (χ4n) is 4.83. The van der Waals surface area contributed by atoms with Gasteiger partial charge >= 0.3 is 5.97 Å². The molecule has 1 aliphatic carbocycles. The van der Waals surface area contributed by atoms with Crippen LogP contribution in [0.3, 0.4) is 0 Å². The van der Waals surface area contributed by atoms with E-state index >= 15 is 0 Å². The Bertz CT molecular complexity index is 960. The van der Waals surface area contributed by atoms with Gasteiger partial charge in [0, 0.05) is 32.9 Å². The van der Waals surface area contributed by atoms with Crippen molar-refractivity contribution < 1.29 is 14.7 Å². The second-order valence-corrected chi connectivity index (χ2v) is 9.25. The fraction of sp³-hybridized carbons (Fsp3) is 0.560. The molecule has 3 atom stereocenters. The van der Waals surface area contributed by atoms with Gasteiger partial charge in [-0.1, -0.05) is 37.6 Å². The number of fused-ring (bicyclic) bond motifs is 1. The van der Waals surface area contributed by atoms with Crippen LogP contribution >= 0.6 is 0 Å². The number of hydrogen-bond donors (Lipinski definition) is 2. The van der Waals surface area contributed by atoms with Crippen molar-refractivity contribution in [2.45, 2.75) is 52.9 Å². The van der Waals surface area contributed by atoms with Crippen LogP contribution in [0.4, 0.5) is 0 Å². The number of aryl methyl sites for hydroxylation is 1. The lowest BCUT2D eigenvalue weighted by Crippen LogP contribution is -2.37. The molecule has 168 valence electrons. The van der Waals surface area contributed by atoms with E-state index in [4.69, 9.17) is 10.1 Å². The molecule has 0 saturated heterocycles. The maximum atomic E-state index is 12.1. The number of benzene rings is 1. The third kappa shape index (κ3) is 5.75. The van der Waals surface area contributed by atoms with Crippen molar-refractivity contribution in [2.75, 3.05) is 6.54 Å². The van der Waals surface area contributed by atoms with Crippen LogP contribution in [-0.2, 0) is 23.1 Å². The van der Waals surface area contributed by atoms with Crippen LogP contribution in [0.25, 0.3) is 11.0 Å². The topological polar surface area (TPSA) is 84.2 Å². The highest BCUT2D eigenvalue weighted by atomic mass is 16.4. The molecule has 1 heterocycles. The van der Waals surface area contributed by atoms with Crippen molar-refractivity contribution >= 4 is 22.9 Å². The molecule has 6 nitrogen and oxygen atoms in total. The smallest absolute Gasteiger partial charge is 0.303 e. The number of aromatic nitrogens is 2. The zero-order valence-electron chi connectivity index (χ0n) is 19.1. The summed E-state index contributed by atoms with van der Waals surface area (Å²) in [6, 6.07) is 8.26. The molecule has 0 fully saturated rings. The molecule has 1 amide bonds. The van der Waals surface area contributed by atoms with Crippen molar-refractivity contribution in [2.24, 2.45) is 30.7 Å². The molecule has 2 aromatic rings. The van der Waals surface area contributed by atoms with Gasteiger partial charge in [-0.15, -0.1) is 0 Å². The molecule has 2 N–H and O–H groups in total. The number of nitrogens with one attached hydrogen (secondary N) is 1. The maximum absolute atomic E-state index is 12.1. The zero-order valence-corrected chi connectivity index (χ0v) is 19.1. The van der Waals surface area contributed by atoms with Gasteiger partial charge in [-0.05, 0) is 55.6 Å². The first-order valence-corrected chi connectivity index (χ1v) is 11.3. The van der Waals surface area contributed by atoms with Crippen molar-refractivity contribution in [3.63, 3.8) is 0 Å². The summed E-state index contributed by atoms with van der Waals surface area (Å²) in [7, 11) is 2.09. The molecule has 6 heteroatoms. The van der Waals surface area contributed by atoms with Gasteiger partial charge in [0.25, 0.3) is 0 Å². The number of allylic oxidation sites excluding steroid dienone is 1. The summed E-state index contributed by atoms with van der Waals surface area (Å²) in [5.41, 5.74) is 3.58. The van der Waals surface area contributed by atoms with Gasteiger partial charge in [-0.3, -0.25) is 9.59 Å². The summed E-state index contributed by atoms with van der Waals surface area (Å²) < 4.78 is 2.20. The predicted molar refractivity (Wildman–Crippen MR) is 123 cm³/mol. The first-order valence-electron chi connectivity index (χ1n) is 11.3. The van der Waals surface area contributed by atoms with E-state index in [1.54, 1.807) is 0 Å². The van der Waals surface area contributed by atoms with Crippen LogP contribution in [0.1, 0.15) is 52.3 Å². The zero-order chi connectivity index (χ0) is 22.5. The molecule has 31 heavy (non-hydrogen) atoms. The third-order valence-corrected chi connectivity index (χ3v) is 6.72. The largest absolute Gasteiger partial charge is 0.481 e. The monoisotopic (exact) mass is 425 g/mol. The molecule has 0 aliphatic heterocycles. The van der Waals surface area contributed by atoms with Gasteiger partial charge < -0.3 is 15.0 Å². The van der Waals surface area contributed by atoms with E-state index in [9.17, 15) is 9.59 Å². The molecule has 1 aromatic carbocycles. The first-order chi connectivity index (χ1) is 14.8. The molecule has 0 saturated carbocycles. The number of carbonyl (C=O) groups excluding carboxylic acids is 1. The van der Waals surface area contributed by atoms with E-state index in [-0.39, 0.29) is 18.7 Å². The second-order valence-electron chi connectivity index (χ2n) is 9.25. The minimum absolute atomic E-state index is 0.0361. The van der Waals surface area contributed by atoms with Crippen LogP contribution < -0.4 is 5.32 Å². The van der Waals surface area contributed by atoms with Crippen molar-refractivity contribution in [1.29, 1.82) is 0 Å². The van der Waals surface area contributed by atoms with Gasteiger partial charge in [0.15, 0.2) is 0 Å². The van der Waals surface area contributed by atoms with E-state index in [2.05, 4.69) is 62.0 Å². The molecule has 0 radical (unpaired) electrons. The van der Waals surface area contributed by atoms with E-state index < -0.39 is 5.97 Å². The lowest BCUT2D eigenvalue weighted by molar-refractivity contribution is -0.137. The van der Waals surface area contributed by atoms with Crippen LogP contribution in [-0.4, -0.2) is 33.1 Å². The predicted octanol–water partition coefficient (Wildman–Crippen LogP) is 4.34. The number of aliphatic carboxylic acids is 1. The second kappa shape index (κ2) is 10.1. The number of amides is 1. The van der Waals surface area contributed by atoms with Crippen molar-refractivity contribution in [1.82, 2.24) is 14.9 Å². The molecular weight excluding hydrogens is 390 g/mol. The number of imidazole rings is 1. The van der Waals surface area contributed by atoms with Crippen LogP contribution in [0.15, 0.2) is 35.9 Å². The Balaban J connectivity index is 1.66. The molecule has 3 rings (SSSR count). The summed E-state index contributed by atoms with van der Waals surface area (Å²) in [6.45, 7) is 7.33. The average Bonchev–Trinajstić information content (AvgIpc) is 3.03. The minimum atomic E-state index is -0.856. The Morgan fingerprint density at radius 2 is 2.00 bits per heavy atom. The minimum Gasteiger partial charge on any atom is -0.481 e. The molecule has 0 bridgehead atoms. The summed E-state index contributed by atoms with van der Waals surface area (Å²) in [4.78, 5) is 27.6. The summed E-state index contributed by atoms with van der Waals surface area (Å²) in [5, 5.41) is 11.8. The van der Waals surface area contributed by atoms with Gasteiger partial charge in [0.2, 0.25) is 5.91 Å². The van der Waals surface area contributed by atoms with Gasteiger partial charge in [0.1, 0.15) is 5.82 Å². The summed E-state index contributed by atoms with van der Waals surface area (Å²) in [5.74, 6) is 1.96. The molecule has 1 aromatic heterocycles. The normalized spacial score (nSPS) is 21.3. The van der Waals surface area contributed by atoms with Crippen molar-refractivity contribution in [3.05, 3.63) is 41.7 Å². The molecule has 1 aliphatic rings. The molecule has 0 spiro atoms. The van der Waals surface area contributed by atoms with E-state index in [0.29, 0.717) is 36.6 Å².